The summed E-state index contributed by atoms with van der Waals surface area (Å²) in [4.78, 5) is 15.2. The number of hydrogen-bond donors (Lipinski definition) is 0. The molecule has 57 heavy (non-hydrogen) atoms. The van der Waals surface area contributed by atoms with Gasteiger partial charge in [0.1, 0.15) is 0 Å². The molecule has 0 amide bonds. The molecule has 0 aliphatic carbocycles. The van der Waals surface area contributed by atoms with E-state index in [4.69, 9.17) is 15.0 Å². The summed E-state index contributed by atoms with van der Waals surface area (Å²) in [7, 11) is 0. The molecule has 0 fully saturated rings. The third kappa shape index (κ3) is 6.42. The van der Waals surface area contributed by atoms with Gasteiger partial charge in [-0.25, -0.2) is 15.0 Å². The van der Waals surface area contributed by atoms with Crippen LogP contribution in [0.4, 0.5) is 0 Å². The van der Waals surface area contributed by atoms with Crippen LogP contribution < -0.4 is 0 Å². The van der Waals surface area contributed by atoms with Crippen LogP contribution in [0.25, 0.3) is 95.0 Å². The Labute approximate surface area is 330 Å². The van der Waals surface area contributed by atoms with Crippen molar-refractivity contribution in [2.45, 2.75) is 0 Å². The van der Waals surface area contributed by atoms with Crippen molar-refractivity contribution >= 4 is 21.8 Å². The number of aromatic nitrogens is 4. The molecule has 0 radical (unpaired) electrons. The highest BCUT2D eigenvalue weighted by Gasteiger charge is 2.18. The molecule has 0 saturated carbocycles. The van der Waals surface area contributed by atoms with Gasteiger partial charge in [-0.3, -0.25) is 0 Å². The van der Waals surface area contributed by atoms with Crippen LogP contribution in [0, 0.1) is 11.3 Å². The Morgan fingerprint density at radius 2 is 0.772 bits per heavy atom. The van der Waals surface area contributed by atoms with Gasteiger partial charge in [0.25, 0.3) is 0 Å². The Bertz CT molecular complexity index is 3030. The van der Waals surface area contributed by atoms with Crippen molar-refractivity contribution in [3.05, 3.63) is 206 Å². The van der Waals surface area contributed by atoms with Crippen LogP contribution in [0.5, 0.6) is 0 Å². The molecule has 2 heterocycles. The zero-order chi connectivity index (χ0) is 38.1. The van der Waals surface area contributed by atoms with E-state index in [1.165, 1.54) is 21.9 Å². The van der Waals surface area contributed by atoms with E-state index in [1.807, 2.05) is 91.0 Å². The van der Waals surface area contributed by atoms with Crippen molar-refractivity contribution < 1.29 is 0 Å². The number of hydrogen-bond acceptors (Lipinski definition) is 4. The van der Waals surface area contributed by atoms with Crippen LogP contribution in [-0.4, -0.2) is 19.5 Å². The lowest BCUT2D eigenvalue weighted by Gasteiger charge is -2.15. The molecule has 0 spiro atoms. The van der Waals surface area contributed by atoms with Crippen molar-refractivity contribution in [1.29, 1.82) is 5.26 Å². The normalized spacial score (nSPS) is 11.1. The molecule has 0 N–H and O–H groups in total. The zero-order valence-corrected chi connectivity index (χ0v) is 30.8. The highest BCUT2D eigenvalue weighted by Crippen LogP contribution is 2.38. The van der Waals surface area contributed by atoms with E-state index in [1.54, 1.807) is 0 Å². The van der Waals surface area contributed by atoms with Crippen LogP contribution in [0.1, 0.15) is 5.56 Å². The van der Waals surface area contributed by atoms with E-state index in [9.17, 15) is 5.26 Å². The van der Waals surface area contributed by atoms with Crippen LogP contribution in [0.2, 0.25) is 0 Å². The summed E-state index contributed by atoms with van der Waals surface area (Å²) in [6, 6.07) is 71.2. The standard InChI is InChI=1S/C52H33N5/c53-34-35-20-22-39(23-21-35)43-30-44(52-55-50(40-14-6-2-7-15-40)54-51(56-52)41-16-8-3-9-17-41)32-45(31-43)57-48-19-11-10-18-46(48)47-29-28-42(33-49(47)57)38-26-24-37(25-27-38)36-12-4-1-5-13-36/h1-33H. The van der Waals surface area contributed by atoms with Gasteiger partial charge in [-0.1, -0.05) is 158 Å². The van der Waals surface area contributed by atoms with Gasteiger partial charge < -0.3 is 4.57 Å². The van der Waals surface area contributed by atoms with Gasteiger partial charge in [-0.05, 0) is 75.8 Å². The van der Waals surface area contributed by atoms with Crippen LogP contribution in [0.15, 0.2) is 200 Å². The van der Waals surface area contributed by atoms with Crippen molar-refractivity contribution in [2.75, 3.05) is 0 Å². The number of nitriles is 1. The molecule has 5 nitrogen and oxygen atoms in total. The summed E-state index contributed by atoms with van der Waals surface area (Å²) < 4.78 is 2.35. The third-order valence-electron chi connectivity index (χ3n) is 10.5. The molecule has 0 saturated heterocycles. The van der Waals surface area contributed by atoms with Gasteiger partial charge in [-0.15, -0.1) is 0 Å². The average Bonchev–Trinajstić information content (AvgIpc) is 3.63. The van der Waals surface area contributed by atoms with Crippen LogP contribution in [-0.2, 0) is 0 Å². The molecular formula is C52H33N5. The topological polar surface area (TPSA) is 67.4 Å². The van der Waals surface area contributed by atoms with Gasteiger partial charge in [0.05, 0.1) is 22.7 Å². The summed E-state index contributed by atoms with van der Waals surface area (Å²) in [6.07, 6.45) is 0. The minimum absolute atomic E-state index is 0.569. The molecular weight excluding hydrogens is 695 g/mol. The summed E-state index contributed by atoms with van der Waals surface area (Å²) in [5.74, 6) is 1.77. The van der Waals surface area contributed by atoms with Crippen LogP contribution >= 0.6 is 0 Å². The minimum Gasteiger partial charge on any atom is -0.309 e. The highest BCUT2D eigenvalue weighted by atomic mass is 15.0. The number of nitrogens with zero attached hydrogens (tertiary/aromatic N) is 5. The van der Waals surface area contributed by atoms with E-state index in [0.29, 0.717) is 23.0 Å². The molecule has 266 valence electrons. The highest BCUT2D eigenvalue weighted by molar-refractivity contribution is 6.10. The monoisotopic (exact) mass is 727 g/mol. The second-order valence-corrected chi connectivity index (χ2v) is 14.0. The Morgan fingerprint density at radius 1 is 0.333 bits per heavy atom. The minimum atomic E-state index is 0.569. The molecule has 10 aromatic rings. The number of benzene rings is 8. The molecule has 5 heteroatoms. The Morgan fingerprint density at radius 3 is 1.39 bits per heavy atom. The first kappa shape index (κ1) is 33.6. The van der Waals surface area contributed by atoms with Gasteiger partial charge in [0.15, 0.2) is 17.5 Å². The van der Waals surface area contributed by atoms with Crippen molar-refractivity contribution in [3.63, 3.8) is 0 Å². The lowest BCUT2D eigenvalue weighted by Crippen LogP contribution is -2.02. The van der Waals surface area contributed by atoms with Gasteiger partial charge in [-0.2, -0.15) is 5.26 Å². The zero-order valence-electron chi connectivity index (χ0n) is 30.8. The summed E-state index contributed by atoms with van der Waals surface area (Å²) >= 11 is 0. The maximum atomic E-state index is 9.60. The van der Waals surface area contributed by atoms with E-state index in [0.717, 1.165) is 55.7 Å². The molecule has 0 bridgehead atoms. The molecule has 0 aliphatic heterocycles. The predicted octanol–water partition coefficient (Wildman–Crippen LogP) is 12.8. The third-order valence-corrected chi connectivity index (χ3v) is 10.5. The number of para-hydroxylation sites is 1. The first-order valence-corrected chi connectivity index (χ1v) is 18.9. The first-order valence-electron chi connectivity index (χ1n) is 18.9. The Kier molecular flexibility index (Phi) is 8.48. The predicted molar refractivity (Wildman–Crippen MR) is 231 cm³/mol. The quantitative estimate of drug-likeness (QED) is 0.164. The van der Waals surface area contributed by atoms with Crippen molar-refractivity contribution in [1.82, 2.24) is 19.5 Å². The maximum Gasteiger partial charge on any atom is 0.164 e. The largest absolute Gasteiger partial charge is 0.309 e. The van der Waals surface area contributed by atoms with Crippen LogP contribution in [0.3, 0.4) is 0 Å². The lowest BCUT2D eigenvalue weighted by molar-refractivity contribution is 1.07. The summed E-state index contributed by atoms with van der Waals surface area (Å²) in [5.41, 5.74) is 13.1. The Hall–Kier alpha value is -7.94. The summed E-state index contributed by atoms with van der Waals surface area (Å²) in [5, 5.41) is 11.9. The Balaban J connectivity index is 1.19. The van der Waals surface area contributed by atoms with Gasteiger partial charge in [0.2, 0.25) is 0 Å². The van der Waals surface area contributed by atoms with Gasteiger partial charge in [0, 0.05) is 33.2 Å². The molecule has 0 atom stereocenters. The second kappa shape index (κ2) is 14.4. The second-order valence-electron chi connectivity index (χ2n) is 14.0. The fourth-order valence-corrected chi connectivity index (χ4v) is 7.62. The van der Waals surface area contributed by atoms with Crippen molar-refractivity contribution in [2.24, 2.45) is 0 Å². The summed E-state index contributed by atoms with van der Waals surface area (Å²) in [6.45, 7) is 0. The van der Waals surface area contributed by atoms with E-state index >= 15 is 0 Å². The maximum absolute atomic E-state index is 9.60. The first-order chi connectivity index (χ1) is 28.2. The number of fused-ring (bicyclic) bond motifs is 3. The molecule has 2 aromatic heterocycles. The molecule has 8 aromatic carbocycles. The smallest absolute Gasteiger partial charge is 0.164 e. The molecule has 10 rings (SSSR count). The van der Waals surface area contributed by atoms with Gasteiger partial charge >= 0.3 is 0 Å². The fourth-order valence-electron chi connectivity index (χ4n) is 7.62. The molecule has 0 unspecified atom stereocenters. The van der Waals surface area contributed by atoms with Crippen molar-refractivity contribution in [3.8, 4) is 79.3 Å². The van der Waals surface area contributed by atoms with E-state index < -0.39 is 0 Å². The lowest BCUT2D eigenvalue weighted by atomic mass is 9.99. The molecule has 0 aliphatic rings. The number of rotatable bonds is 7. The average molecular weight is 728 g/mol. The van der Waals surface area contributed by atoms with E-state index in [-0.39, 0.29) is 0 Å². The van der Waals surface area contributed by atoms with E-state index in [2.05, 4.69) is 120 Å². The fraction of sp³-hybridized carbons (Fsp3) is 0. The SMILES string of the molecule is N#Cc1ccc(-c2cc(-c3nc(-c4ccccc4)nc(-c4ccccc4)n3)cc(-n3c4ccccc4c4ccc(-c5ccc(-c6ccccc6)cc5)cc43)c2)cc1.